The lowest BCUT2D eigenvalue weighted by Gasteiger charge is -1.94. The fraction of sp³-hybridized carbons (Fsp3) is 0.250. The Morgan fingerprint density at radius 1 is 1.42 bits per heavy atom. The van der Waals surface area contributed by atoms with E-state index in [2.05, 4.69) is 31.4 Å². The van der Waals surface area contributed by atoms with Gasteiger partial charge in [-0.15, -0.1) is 5.10 Å². The Balaban J connectivity index is 1.76. The fourth-order valence-corrected chi connectivity index (χ4v) is 1.87. The molecule has 0 fully saturated rings. The highest BCUT2D eigenvalue weighted by Crippen LogP contribution is 2.21. The molecule has 0 aliphatic carbocycles. The zero-order valence-corrected chi connectivity index (χ0v) is 11.7. The van der Waals surface area contributed by atoms with Crippen LogP contribution in [0.5, 0.6) is 0 Å². The van der Waals surface area contributed by atoms with Gasteiger partial charge in [-0.3, -0.25) is 0 Å². The number of alkyl halides is 1. The molecule has 0 aromatic carbocycles. The van der Waals surface area contributed by atoms with Crippen LogP contribution >= 0.6 is 15.9 Å². The SMILES string of the molecule is CC(Br)c1cn(Cc2cc(-c3ccco3)on2)nn1. The Labute approximate surface area is 117 Å². The minimum atomic E-state index is 0.178. The minimum absolute atomic E-state index is 0.178. The second kappa shape index (κ2) is 5.00. The van der Waals surface area contributed by atoms with Crippen LogP contribution in [-0.2, 0) is 6.54 Å². The van der Waals surface area contributed by atoms with Gasteiger partial charge >= 0.3 is 0 Å². The molecule has 0 radical (unpaired) electrons. The highest BCUT2D eigenvalue weighted by molar-refractivity contribution is 9.09. The predicted molar refractivity (Wildman–Crippen MR) is 70.7 cm³/mol. The zero-order chi connectivity index (χ0) is 13.2. The summed E-state index contributed by atoms with van der Waals surface area (Å²) in [6.45, 7) is 2.51. The van der Waals surface area contributed by atoms with Crippen LogP contribution in [0.4, 0.5) is 0 Å². The van der Waals surface area contributed by atoms with E-state index >= 15 is 0 Å². The maximum Gasteiger partial charge on any atom is 0.202 e. The normalized spacial score (nSPS) is 12.7. The molecule has 98 valence electrons. The Bertz CT molecular complexity index is 657. The van der Waals surface area contributed by atoms with Crippen molar-refractivity contribution in [2.24, 2.45) is 0 Å². The summed E-state index contributed by atoms with van der Waals surface area (Å²) in [7, 11) is 0. The third kappa shape index (κ3) is 2.60. The molecule has 3 aromatic rings. The molecule has 0 saturated heterocycles. The van der Waals surface area contributed by atoms with Crippen LogP contribution in [-0.4, -0.2) is 20.2 Å². The van der Waals surface area contributed by atoms with Crippen molar-refractivity contribution in [2.45, 2.75) is 18.3 Å². The van der Waals surface area contributed by atoms with Crippen LogP contribution in [0.3, 0.4) is 0 Å². The maximum atomic E-state index is 5.24. The molecule has 1 atom stereocenters. The van der Waals surface area contributed by atoms with Gasteiger partial charge in [-0.1, -0.05) is 26.3 Å². The first-order valence-electron chi connectivity index (χ1n) is 5.76. The van der Waals surface area contributed by atoms with Crippen molar-refractivity contribution in [3.63, 3.8) is 0 Å². The van der Waals surface area contributed by atoms with Gasteiger partial charge in [0, 0.05) is 6.07 Å². The summed E-state index contributed by atoms with van der Waals surface area (Å²) in [5, 5.41) is 12.1. The molecule has 0 aliphatic rings. The quantitative estimate of drug-likeness (QED) is 0.690. The average molecular weight is 323 g/mol. The lowest BCUT2D eigenvalue weighted by Crippen LogP contribution is -2.00. The zero-order valence-electron chi connectivity index (χ0n) is 10.2. The predicted octanol–water partition coefficient (Wildman–Crippen LogP) is 3.03. The highest BCUT2D eigenvalue weighted by Gasteiger charge is 2.11. The summed E-state index contributed by atoms with van der Waals surface area (Å²) in [6, 6.07) is 5.46. The van der Waals surface area contributed by atoms with E-state index in [4.69, 9.17) is 8.94 Å². The van der Waals surface area contributed by atoms with E-state index < -0.39 is 0 Å². The number of hydrogen-bond acceptors (Lipinski definition) is 5. The summed E-state index contributed by atoms with van der Waals surface area (Å²) in [5.41, 5.74) is 1.65. The molecule has 0 bridgehead atoms. The molecular formula is C12H11BrN4O2. The largest absolute Gasteiger partial charge is 0.461 e. The molecule has 6 nitrogen and oxygen atoms in total. The smallest absolute Gasteiger partial charge is 0.202 e. The Morgan fingerprint density at radius 3 is 3.00 bits per heavy atom. The molecular weight excluding hydrogens is 312 g/mol. The molecule has 3 heterocycles. The van der Waals surface area contributed by atoms with Crippen LogP contribution < -0.4 is 0 Å². The molecule has 0 aliphatic heterocycles. The van der Waals surface area contributed by atoms with Crippen molar-refractivity contribution in [1.29, 1.82) is 0 Å². The molecule has 7 heteroatoms. The van der Waals surface area contributed by atoms with Gasteiger partial charge < -0.3 is 8.94 Å². The molecule has 0 amide bonds. The topological polar surface area (TPSA) is 69.9 Å². The lowest BCUT2D eigenvalue weighted by molar-refractivity contribution is 0.407. The van der Waals surface area contributed by atoms with Crippen LogP contribution in [0.15, 0.2) is 39.6 Å². The van der Waals surface area contributed by atoms with Gasteiger partial charge in [-0.05, 0) is 19.1 Å². The van der Waals surface area contributed by atoms with Crippen LogP contribution in [0.2, 0.25) is 0 Å². The molecule has 19 heavy (non-hydrogen) atoms. The summed E-state index contributed by atoms with van der Waals surface area (Å²) >= 11 is 3.45. The van der Waals surface area contributed by atoms with Crippen LogP contribution in [0, 0.1) is 0 Å². The number of hydrogen-bond donors (Lipinski definition) is 0. The Kier molecular flexibility index (Phi) is 3.20. The van der Waals surface area contributed by atoms with Crippen molar-refractivity contribution in [3.8, 4) is 11.5 Å². The van der Waals surface area contributed by atoms with Crippen molar-refractivity contribution < 1.29 is 8.94 Å². The first-order valence-corrected chi connectivity index (χ1v) is 6.67. The number of halogens is 1. The summed E-state index contributed by atoms with van der Waals surface area (Å²) in [6.07, 6.45) is 3.47. The Hall–Kier alpha value is -1.89. The standard InChI is InChI=1S/C12H11BrN4O2/c1-8(13)10-7-17(16-14-10)6-9-5-12(19-15-9)11-3-2-4-18-11/h2-5,7-8H,6H2,1H3. The van der Waals surface area contributed by atoms with Crippen LogP contribution in [0.1, 0.15) is 23.1 Å². The molecule has 1 unspecified atom stereocenters. The van der Waals surface area contributed by atoms with E-state index in [9.17, 15) is 0 Å². The molecule has 0 saturated carbocycles. The van der Waals surface area contributed by atoms with Gasteiger partial charge in [0.1, 0.15) is 5.69 Å². The first-order chi connectivity index (χ1) is 9.22. The van der Waals surface area contributed by atoms with Gasteiger partial charge in [0.25, 0.3) is 0 Å². The van der Waals surface area contributed by atoms with Crippen molar-refractivity contribution in [2.75, 3.05) is 0 Å². The van der Waals surface area contributed by atoms with Gasteiger partial charge in [0.2, 0.25) is 5.76 Å². The lowest BCUT2D eigenvalue weighted by atomic mass is 10.3. The van der Waals surface area contributed by atoms with Gasteiger partial charge in [0.05, 0.1) is 29.5 Å². The average Bonchev–Trinajstić information content (AvgIpc) is 3.09. The molecule has 0 spiro atoms. The van der Waals surface area contributed by atoms with Crippen molar-refractivity contribution in [3.05, 3.63) is 42.0 Å². The fourth-order valence-electron chi connectivity index (χ4n) is 1.66. The second-order valence-electron chi connectivity index (χ2n) is 4.12. The number of furan rings is 1. The van der Waals surface area contributed by atoms with Crippen LogP contribution in [0.25, 0.3) is 11.5 Å². The summed E-state index contributed by atoms with van der Waals surface area (Å²) in [5.74, 6) is 1.27. The van der Waals surface area contributed by atoms with E-state index in [0.29, 0.717) is 18.1 Å². The monoisotopic (exact) mass is 322 g/mol. The number of rotatable bonds is 4. The van der Waals surface area contributed by atoms with E-state index in [1.807, 2.05) is 25.3 Å². The minimum Gasteiger partial charge on any atom is -0.461 e. The molecule has 3 rings (SSSR count). The van der Waals surface area contributed by atoms with E-state index in [0.717, 1.165) is 11.4 Å². The maximum absolute atomic E-state index is 5.24. The summed E-state index contributed by atoms with van der Waals surface area (Å²) < 4.78 is 12.2. The van der Waals surface area contributed by atoms with Crippen molar-refractivity contribution >= 4 is 15.9 Å². The van der Waals surface area contributed by atoms with E-state index in [1.165, 1.54) is 0 Å². The van der Waals surface area contributed by atoms with Gasteiger partial charge in [0.15, 0.2) is 5.76 Å². The van der Waals surface area contributed by atoms with Gasteiger partial charge in [-0.2, -0.15) is 0 Å². The van der Waals surface area contributed by atoms with Gasteiger partial charge in [-0.25, -0.2) is 4.68 Å². The highest BCUT2D eigenvalue weighted by atomic mass is 79.9. The third-order valence-electron chi connectivity index (χ3n) is 2.61. The third-order valence-corrected chi connectivity index (χ3v) is 3.08. The summed E-state index contributed by atoms with van der Waals surface area (Å²) in [4.78, 5) is 0.178. The number of aromatic nitrogens is 4. The van der Waals surface area contributed by atoms with Crippen molar-refractivity contribution in [1.82, 2.24) is 20.2 Å². The second-order valence-corrected chi connectivity index (χ2v) is 5.49. The molecule has 3 aromatic heterocycles. The van der Waals surface area contributed by atoms with E-state index in [1.54, 1.807) is 17.0 Å². The van der Waals surface area contributed by atoms with E-state index in [-0.39, 0.29) is 4.83 Å². The number of nitrogens with zero attached hydrogens (tertiary/aromatic N) is 4. The Morgan fingerprint density at radius 2 is 2.32 bits per heavy atom. The molecule has 0 N–H and O–H groups in total. The first kappa shape index (κ1) is 12.2.